The molecule has 0 aliphatic heterocycles. The van der Waals surface area contributed by atoms with E-state index in [1.54, 1.807) is 0 Å². The van der Waals surface area contributed by atoms with Crippen molar-refractivity contribution >= 4 is 55.2 Å². The van der Waals surface area contributed by atoms with Gasteiger partial charge in [-0.3, -0.25) is 28.2 Å². The summed E-state index contributed by atoms with van der Waals surface area (Å²) >= 11 is 6.58. The first kappa shape index (κ1) is 42.9. The molecule has 3 heterocycles. The Hall–Kier alpha value is -6.42. The second-order valence-electron chi connectivity index (χ2n) is 15.5. The maximum Gasteiger partial charge on any atom is 0.293 e. The van der Waals surface area contributed by atoms with Crippen LogP contribution in [0.3, 0.4) is 0 Å². The van der Waals surface area contributed by atoms with Gasteiger partial charge in [-0.15, -0.1) is 0 Å². The Labute approximate surface area is 359 Å². The lowest BCUT2D eigenvalue weighted by Crippen LogP contribution is -2.38. The number of rotatable bonds is 11. The van der Waals surface area contributed by atoms with Crippen LogP contribution in [0, 0.1) is 35.0 Å². The lowest BCUT2D eigenvalue weighted by atomic mass is 10.0. The average molecular weight is 935 g/mol. The van der Waals surface area contributed by atoms with Crippen molar-refractivity contribution in [2.45, 2.75) is 43.7 Å². The number of aromatic nitrogens is 6. The first-order chi connectivity index (χ1) is 30.1. The minimum Gasteiger partial charge on any atom is -0.344 e. The summed E-state index contributed by atoms with van der Waals surface area (Å²) in [4.78, 5) is 33.8. The molecule has 0 spiro atoms. The summed E-state index contributed by atoms with van der Waals surface area (Å²) in [6, 6.07) is 8.38. The lowest BCUT2D eigenvalue weighted by molar-refractivity contribution is -0.123. The molecular formula is C41H28ClF9N8O4S. The topological polar surface area (TPSA) is 146 Å². The number of carbonyl (C=O) groups is 1. The van der Waals surface area contributed by atoms with Gasteiger partial charge in [0.15, 0.2) is 23.3 Å². The van der Waals surface area contributed by atoms with E-state index in [1.807, 2.05) is 0 Å². The zero-order valence-electron chi connectivity index (χ0n) is 32.7. The van der Waals surface area contributed by atoms with E-state index in [0.29, 0.717) is 22.9 Å². The van der Waals surface area contributed by atoms with Crippen LogP contribution in [-0.2, 0) is 40.8 Å². The Bertz CT molecular complexity index is 3280. The van der Waals surface area contributed by atoms with Gasteiger partial charge in [0.05, 0.1) is 44.8 Å². The molecule has 23 heteroatoms. The van der Waals surface area contributed by atoms with Crippen molar-refractivity contribution in [1.29, 1.82) is 0 Å². The van der Waals surface area contributed by atoms with Gasteiger partial charge in [-0.25, -0.2) is 44.1 Å². The predicted molar refractivity (Wildman–Crippen MR) is 213 cm³/mol. The van der Waals surface area contributed by atoms with Crippen LogP contribution in [0.15, 0.2) is 65.5 Å². The Morgan fingerprint density at radius 2 is 1.64 bits per heavy atom. The molecule has 1 amide bonds. The normalized spacial score (nSPS) is 17.0. The van der Waals surface area contributed by atoms with E-state index < -0.39 is 111 Å². The molecule has 2 aliphatic carbocycles. The summed E-state index contributed by atoms with van der Waals surface area (Å²) in [5, 5.41) is 10.2. The van der Waals surface area contributed by atoms with Gasteiger partial charge in [-0.1, -0.05) is 17.7 Å². The number of hydrogen-bond donors (Lipinski definition) is 2. The molecule has 1 saturated carbocycles. The standard InChI is InChI=1S/C41H28ClF9N8O4S/c1-57-35-29(6-5-24(42)32(35)38(55-57)56-64(2,62)63)59-39(53-27-12-17(3-4-21(27)40(59)61)18-10-25(45)33(47)26(46)11-18)28(9-16-7-19(43)13-20(44)8-16)52-30(60)15-58-36-31(34(54-58)37(48)49)22-14-23(22)41(36,50)51/h3-8,10-13,22-23,28,37H,9,14-15H2,1-2H3,(H,52,60)(H,55,56)/t22?,23?,28-/m0/s1. The highest BCUT2D eigenvalue weighted by Gasteiger charge is 2.67. The van der Waals surface area contributed by atoms with Gasteiger partial charge >= 0.3 is 0 Å². The molecule has 0 bridgehead atoms. The molecule has 2 aliphatic rings. The van der Waals surface area contributed by atoms with Crippen LogP contribution in [0.2, 0.25) is 5.02 Å². The fourth-order valence-corrected chi connectivity index (χ4v) is 9.22. The molecule has 4 aromatic carbocycles. The SMILES string of the molecule is Cn1nc(NS(C)(=O)=O)c2c(Cl)ccc(-n3c([C@H](Cc4cc(F)cc(F)c4)NC(=O)Cn4nc(C(F)F)c5c4C(F)(F)C4CC54)nc4cc(-c5cc(F)c(F)c(F)c5)ccc4c3=O)c21. The van der Waals surface area contributed by atoms with Crippen LogP contribution < -0.4 is 15.6 Å². The van der Waals surface area contributed by atoms with Gasteiger partial charge < -0.3 is 5.32 Å². The molecule has 3 aromatic heterocycles. The van der Waals surface area contributed by atoms with E-state index >= 15 is 8.78 Å². The number of alkyl halides is 4. The molecule has 3 atom stereocenters. The van der Waals surface area contributed by atoms with Crippen LogP contribution in [0.4, 0.5) is 45.3 Å². The van der Waals surface area contributed by atoms with E-state index in [0.717, 1.165) is 23.0 Å². The fraction of sp³-hybridized carbons (Fsp3) is 0.244. The minimum absolute atomic E-state index is 0.00587. The van der Waals surface area contributed by atoms with Crippen LogP contribution in [0.5, 0.6) is 0 Å². The highest BCUT2D eigenvalue weighted by atomic mass is 35.5. The first-order valence-electron chi connectivity index (χ1n) is 19.0. The van der Waals surface area contributed by atoms with Crippen molar-refractivity contribution in [3.63, 3.8) is 0 Å². The molecule has 9 rings (SSSR count). The molecule has 7 aromatic rings. The number of aryl methyl sites for hydroxylation is 1. The zero-order chi connectivity index (χ0) is 45.9. The molecule has 2 unspecified atom stereocenters. The van der Waals surface area contributed by atoms with Crippen molar-refractivity contribution in [3.05, 3.63) is 133 Å². The van der Waals surface area contributed by atoms with Crippen molar-refractivity contribution in [2.75, 3.05) is 11.0 Å². The van der Waals surface area contributed by atoms with Crippen LogP contribution in [0.1, 0.15) is 53.1 Å². The van der Waals surface area contributed by atoms with Crippen LogP contribution >= 0.6 is 11.6 Å². The maximum absolute atomic E-state index is 15.5. The van der Waals surface area contributed by atoms with Gasteiger partial charge in [-0.05, 0) is 77.6 Å². The first-order valence-corrected chi connectivity index (χ1v) is 21.2. The van der Waals surface area contributed by atoms with Crippen molar-refractivity contribution in [3.8, 4) is 16.8 Å². The van der Waals surface area contributed by atoms with E-state index in [-0.39, 0.29) is 67.0 Å². The average Bonchev–Trinajstić information content (AvgIpc) is 3.74. The van der Waals surface area contributed by atoms with E-state index in [1.165, 1.54) is 42.1 Å². The number of nitrogens with zero attached hydrogens (tertiary/aromatic N) is 6. The number of fused-ring (bicyclic) bond motifs is 5. The maximum atomic E-state index is 15.5. The molecule has 64 heavy (non-hydrogen) atoms. The summed E-state index contributed by atoms with van der Waals surface area (Å²) in [7, 11) is -2.60. The number of carbonyl (C=O) groups excluding carboxylic acids is 1. The summed E-state index contributed by atoms with van der Waals surface area (Å²) in [5.74, 6) is -14.5. The molecule has 1 fully saturated rings. The van der Waals surface area contributed by atoms with Crippen LogP contribution in [0.25, 0.3) is 38.6 Å². The monoisotopic (exact) mass is 934 g/mol. The minimum atomic E-state index is -3.98. The number of halogens is 10. The summed E-state index contributed by atoms with van der Waals surface area (Å²) in [6.45, 7) is -1.07. The summed E-state index contributed by atoms with van der Waals surface area (Å²) in [6.07, 6.45) is -3.05. The number of amides is 1. The van der Waals surface area contributed by atoms with Gasteiger partial charge in [0.2, 0.25) is 15.9 Å². The quantitative estimate of drug-likeness (QED) is 0.0985. The summed E-state index contributed by atoms with van der Waals surface area (Å²) < 4.78 is 161. The molecular weight excluding hydrogens is 907 g/mol. The molecule has 0 radical (unpaired) electrons. The number of sulfonamides is 1. The van der Waals surface area contributed by atoms with Crippen LogP contribution in [-0.4, -0.2) is 49.7 Å². The molecule has 332 valence electrons. The Morgan fingerprint density at radius 1 is 0.953 bits per heavy atom. The summed E-state index contributed by atoms with van der Waals surface area (Å²) in [5.41, 5.74) is -3.64. The number of anilines is 1. The van der Waals surface area contributed by atoms with Gasteiger partial charge in [0, 0.05) is 31.0 Å². The molecule has 12 nitrogen and oxygen atoms in total. The highest BCUT2D eigenvalue weighted by Crippen LogP contribution is 2.68. The second-order valence-corrected chi connectivity index (χ2v) is 17.7. The fourth-order valence-electron chi connectivity index (χ4n) is 8.48. The van der Waals surface area contributed by atoms with Gasteiger partial charge in [0.1, 0.15) is 35.4 Å². The third-order valence-electron chi connectivity index (χ3n) is 11.1. The number of benzene rings is 4. The predicted octanol–water partition coefficient (Wildman–Crippen LogP) is 8.10. The number of hydrogen-bond acceptors (Lipinski definition) is 7. The van der Waals surface area contributed by atoms with E-state index in [4.69, 9.17) is 16.6 Å². The van der Waals surface area contributed by atoms with Crippen molar-refractivity contribution in [2.24, 2.45) is 13.0 Å². The largest absolute Gasteiger partial charge is 0.344 e. The Morgan fingerprint density at radius 3 is 2.30 bits per heavy atom. The zero-order valence-corrected chi connectivity index (χ0v) is 34.3. The third-order valence-corrected chi connectivity index (χ3v) is 12.0. The van der Waals surface area contributed by atoms with Gasteiger partial charge in [-0.2, -0.15) is 19.0 Å². The second kappa shape index (κ2) is 15.1. The van der Waals surface area contributed by atoms with E-state index in [9.17, 15) is 48.7 Å². The van der Waals surface area contributed by atoms with Crippen molar-refractivity contribution in [1.82, 2.24) is 34.4 Å². The Balaban J connectivity index is 1.27. The molecule has 2 N–H and O–H groups in total. The van der Waals surface area contributed by atoms with Gasteiger partial charge in [0.25, 0.3) is 17.9 Å². The third kappa shape index (κ3) is 7.30. The molecule has 0 saturated heterocycles. The smallest absolute Gasteiger partial charge is 0.293 e. The lowest BCUT2D eigenvalue weighted by Gasteiger charge is -2.24. The Kier molecular flexibility index (Phi) is 10.1. The van der Waals surface area contributed by atoms with E-state index in [2.05, 4.69) is 20.2 Å². The van der Waals surface area contributed by atoms with Crippen molar-refractivity contribution < 1.29 is 52.7 Å². The number of nitrogens with one attached hydrogen (secondary N) is 2. The highest BCUT2D eigenvalue weighted by molar-refractivity contribution is 7.92.